The molecule has 0 aliphatic carbocycles. The van der Waals surface area contributed by atoms with Crippen LogP contribution in [0.1, 0.15) is 41.5 Å². The van der Waals surface area contributed by atoms with E-state index in [4.69, 9.17) is 25.8 Å². The van der Waals surface area contributed by atoms with Gasteiger partial charge in [-0.3, -0.25) is 0 Å². The molecule has 0 saturated carbocycles. The topological polar surface area (TPSA) is 136 Å². The number of halogens is 1. The van der Waals surface area contributed by atoms with Crippen molar-refractivity contribution >= 4 is 35.5 Å². The molecule has 0 aliphatic heterocycles. The van der Waals surface area contributed by atoms with Crippen LogP contribution < -0.4 is 10.4 Å². The van der Waals surface area contributed by atoms with Gasteiger partial charge in [0, 0.05) is 0 Å². The number of carboxylic acid groups (broad SMARTS) is 1. The fraction of sp³-hybridized carbons (Fsp3) is 0.360. The van der Waals surface area contributed by atoms with Crippen LogP contribution in [0.3, 0.4) is 0 Å². The van der Waals surface area contributed by atoms with E-state index >= 15 is 0 Å². The first-order valence-electron chi connectivity index (χ1n) is 10.9. The highest BCUT2D eigenvalue weighted by molar-refractivity contribution is 6.18. The van der Waals surface area contributed by atoms with Gasteiger partial charge < -0.3 is 29.4 Å². The molecule has 0 aliphatic rings. The number of benzene rings is 2. The number of alkyl halides is 1. The summed E-state index contributed by atoms with van der Waals surface area (Å²) in [5, 5.41) is 13.8. The maximum Gasteiger partial charge on any atom is 0.352 e. The summed E-state index contributed by atoms with van der Waals surface area (Å²) in [4.78, 5) is 50.1. The van der Waals surface area contributed by atoms with Gasteiger partial charge in [-0.2, -0.15) is 0 Å². The smallest absolute Gasteiger partial charge is 0.352 e. The minimum atomic E-state index is -2.27. The van der Waals surface area contributed by atoms with Crippen molar-refractivity contribution in [3.63, 3.8) is 0 Å². The van der Waals surface area contributed by atoms with Gasteiger partial charge in [0.05, 0.1) is 28.5 Å². The molecule has 2 aromatic carbocycles. The number of aliphatic carboxylic acids is 1. The molecule has 2 aromatic rings. The molecule has 3 atom stereocenters. The van der Waals surface area contributed by atoms with Crippen LogP contribution in [0, 0.1) is 0 Å². The first-order chi connectivity index (χ1) is 16.5. The molecule has 0 aromatic heterocycles. The largest absolute Gasteiger partial charge is 0.546 e. The number of carboxylic acids is 1. The van der Waals surface area contributed by atoms with E-state index in [2.05, 4.69) is 0 Å². The number of carbonyl (C=O) groups is 4. The van der Waals surface area contributed by atoms with Crippen molar-refractivity contribution in [3.8, 4) is 0 Å². The molecule has 0 amide bonds. The summed E-state index contributed by atoms with van der Waals surface area (Å²) < 4.78 is 15.6. The van der Waals surface area contributed by atoms with E-state index in [1.54, 1.807) is 36.4 Å². The van der Waals surface area contributed by atoms with E-state index < -0.39 is 42.2 Å². The zero-order chi connectivity index (χ0) is 26.0. The van der Waals surface area contributed by atoms with Gasteiger partial charge in [0.25, 0.3) is 0 Å². The summed E-state index contributed by atoms with van der Waals surface area (Å²) >= 11 is 5.93. The summed E-state index contributed by atoms with van der Waals surface area (Å²) in [6, 6.07) is 15.1. The first-order valence-corrected chi connectivity index (χ1v) is 11.4. The molecule has 0 bridgehead atoms. The molecule has 188 valence electrons. The van der Waals surface area contributed by atoms with Crippen LogP contribution in [0.15, 0.2) is 60.7 Å². The molecule has 0 spiro atoms. The highest BCUT2D eigenvalue weighted by Gasteiger charge is 2.39. The lowest BCUT2D eigenvalue weighted by atomic mass is 10.1. The van der Waals surface area contributed by atoms with Gasteiger partial charge in [0.15, 0.2) is 12.2 Å². The van der Waals surface area contributed by atoms with Crippen LogP contribution >= 0.6 is 11.6 Å². The standard InChI is InChI=1S/C25H28ClNO8/c1-25(2,3)27-15-18(14-26)33-24(32)20(35-23(31)17-12-8-5-9-13-17)19(21(28)29)34-22(30)16-10-6-4-7-11-16/h4-13,18-20,27H,14-15H2,1-3H3,(H,28,29)/t18-,19-,20-/m1/s1. The zero-order valence-electron chi connectivity index (χ0n) is 19.6. The van der Waals surface area contributed by atoms with Gasteiger partial charge in [-0.15, -0.1) is 11.6 Å². The highest BCUT2D eigenvalue weighted by Crippen LogP contribution is 2.15. The molecule has 9 nitrogen and oxygen atoms in total. The first kappa shape index (κ1) is 27.8. The minimum Gasteiger partial charge on any atom is -0.546 e. The van der Waals surface area contributed by atoms with Gasteiger partial charge >= 0.3 is 17.9 Å². The molecule has 0 radical (unpaired) electrons. The van der Waals surface area contributed by atoms with Crippen molar-refractivity contribution in [2.24, 2.45) is 0 Å². The van der Waals surface area contributed by atoms with Crippen LogP contribution in [-0.4, -0.2) is 60.2 Å². The lowest BCUT2D eigenvalue weighted by molar-refractivity contribution is -0.721. The Bertz CT molecular complexity index is 1010. The summed E-state index contributed by atoms with van der Waals surface area (Å²) in [5.41, 5.74) is -0.125. The number of ether oxygens (including phenoxy) is 3. The second-order valence-electron chi connectivity index (χ2n) is 8.72. The third-order valence-electron chi connectivity index (χ3n) is 4.67. The fourth-order valence-corrected chi connectivity index (χ4v) is 3.03. The van der Waals surface area contributed by atoms with E-state index in [1.165, 1.54) is 24.3 Å². The van der Waals surface area contributed by atoms with Crippen LogP contribution in [-0.2, 0) is 23.8 Å². The average Bonchev–Trinajstić information content (AvgIpc) is 2.83. The molecule has 0 heterocycles. The van der Waals surface area contributed by atoms with E-state index in [1.807, 2.05) is 26.1 Å². The van der Waals surface area contributed by atoms with E-state index in [0.29, 0.717) is 0 Å². The van der Waals surface area contributed by atoms with Gasteiger partial charge in [0.2, 0.25) is 6.10 Å². The Balaban J connectivity index is 2.30. The van der Waals surface area contributed by atoms with Crippen LogP contribution in [0.5, 0.6) is 0 Å². The molecule has 2 rings (SSSR count). The number of esters is 3. The maximum atomic E-state index is 13.0. The van der Waals surface area contributed by atoms with Crippen LogP contribution in [0.2, 0.25) is 0 Å². The minimum absolute atomic E-state index is 0.0265. The number of hydrogen-bond donors (Lipinski definition) is 1. The Kier molecular flexibility index (Phi) is 10.2. The molecule has 2 N–H and O–H groups in total. The SMILES string of the molecule is CC(C)(C)[NH2+]C[C@@H](CCl)OC(=O)[C@H](OC(=O)c1ccccc1)[C@@H](OC(=O)c1ccccc1)C(=O)[O-]. The summed E-state index contributed by atoms with van der Waals surface area (Å²) in [7, 11) is 0. The molecule has 0 unspecified atom stereocenters. The van der Waals surface area contributed by atoms with Gasteiger partial charge in [-0.1, -0.05) is 36.4 Å². The summed E-state index contributed by atoms with van der Waals surface area (Å²) in [6.07, 6.45) is -5.25. The third-order valence-corrected chi connectivity index (χ3v) is 5.02. The molecule has 0 fully saturated rings. The van der Waals surface area contributed by atoms with Crippen molar-refractivity contribution in [1.82, 2.24) is 0 Å². The zero-order valence-corrected chi connectivity index (χ0v) is 20.4. The van der Waals surface area contributed by atoms with E-state index in [0.717, 1.165) is 0 Å². The molecule has 35 heavy (non-hydrogen) atoms. The van der Waals surface area contributed by atoms with Crippen molar-refractivity contribution in [2.75, 3.05) is 12.4 Å². The van der Waals surface area contributed by atoms with Crippen molar-refractivity contribution < 1.29 is 43.8 Å². The number of nitrogens with two attached hydrogens (primary N) is 1. The second kappa shape index (κ2) is 12.9. The van der Waals surface area contributed by atoms with E-state index in [-0.39, 0.29) is 29.1 Å². The van der Waals surface area contributed by atoms with Gasteiger partial charge in [-0.25, -0.2) is 14.4 Å². The predicted molar refractivity (Wildman–Crippen MR) is 123 cm³/mol. The lowest BCUT2D eigenvalue weighted by Crippen LogP contribution is -2.96. The van der Waals surface area contributed by atoms with Crippen molar-refractivity contribution in [3.05, 3.63) is 71.8 Å². The Morgan fingerprint density at radius 2 is 1.29 bits per heavy atom. The summed E-state index contributed by atoms with van der Waals surface area (Å²) in [6.45, 7) is 6.09. The Morgan fingerprint density at radius 1 is 0.829 bits per heavy atom. The molecular formula is C25H28ClNO8. The third kappa shape index (κ3) is 9.03. The molecule has 0 saturated heterocycles. The quantitative estimate of drug-likeness (QED) is 0.268. The number of rotatable bonds is 11. The monoisotopic (exact) mass is 505 g/mol. The summed E-state index contributed by atoms with van der Waals surface area (Å²) in [5.74, 6) is -5.35. The van der Waals surface area contributed by atoms with Gasteiger partial charge in [0.1, 0.15) is 6.54 Å². The predicted octanol–water partition coefficient (Wildman–Crippen LogP) is 0.700. The number of quaternary nitrogens is 1. The number of carbonyl (C=O) groups excluding carboxylic acids is 4. The normalized spacial score (nSPS) is 13.7. The maximum absolute atomic E-state index is 13.0. The van der Waals surface area contributed by atoms with Gasteiger partial charge in [-0.05, 0) is 45.0 Å². The van der Waals surface area contributed by atoms with E-state index in [9.17, 15) is 24.3 Å². The highest BCUT2D eigenvalue weighted by atomic mass is 35.5. The fourth-order valence-electron chi connectivity index (χ4n) is 2.84. The lowest BCUT2D eigenvalue weighted by Gasteiger charge is -2.28. The van der Waals surface area contributed by atoms with Crippen LogP contribution in [0.4, 0.5) is 0 Å². The Morgan fingerprint density at radius 3 is 1.69 bits per heavy atom. The molecule has 10 heteroatoms. The van der Waals surface area contributed by atoms with Crippen LogP contribution in [0.25, 0.3) is 0 Å². The number of hydrogen-bond acceptors (Lipinski definition) is 8. The Labute approximate surface area is 208 Å². The van der Waals surface area contributed by atoms with Crippen molar-refractivity contribution in [1.29, 1.82) is 0 Å². The molecular weight excluding hydrogens is 478 g/mol. The Hall–Kier alpha value is -3.43. The van der Waals surface area contributed by atoms with Crippen molar-refractivity contribution in [2.45, 2.75) is 44.6 Å². The average molecular weight is 506 g/mol. The second-order valence-corrected chi connectivity index (χ2v) is 9.03.